The molecule has 4 aromatic rings. The van der Waals surface area contributed by atoms with Crippen molar-refractivity contribution in [2.45, 2.75) is 56.8 Å². The van der Waals surface area contributed by atoms with Gasteiger partial charge in [-0.3, -0.25) is 4.99 Å². The molecule has 0 unspecified atom stereocenters. The third kappa shape index (κ3) is 8.18. The van der Waals surface area contributed by atoms with Crippen LogP contribution in [0.2, 0.25) is 0 Å². The van der Waals surface area contributed by atoms with Gasteiger partial charge in [0.25, 0.3) is 0 Å². The molecule has 9 heteroatoms. The quantitative estimate of drug-likeness (QED) is 0.113. The van der Waals surface area contributed by atoms with Gasteiger partial charge in [0, 0.05) is 37.7 Å². The highest BCUT2D eigenvalue weighted by atomic mass is 32.2. The molecule has 240 valence electrons. The van der Waals surface area contributed by atoms with Crippen molar-refractivity contribution >= 4 is 32.5 Å². The zero-order valence-electron chi connectivity index (χ0n) is 26.8. The first-order valence-corrected chi connectivity index (χ1v) is 17.5. The third-order valence-electron chi connectivity index (χ3n) is 8.64. The Morgan fingerprint density at radius 3 is 2.65 bits per heavy atom. The van der Waals surface area contributed by atoms with Gasteiger partial charge in [0.05, 0.1) is 35.2 Å². The van der Waals surface area contributed by atoms with Crippen molar-refractivity contribution in [3.63, 3.8) is 0 Å². The predicted molar refractivity (Wildman–Crippen MR) is 185 cm³/mol. The number of rotatable bonds is 15. The second-order valence-corrected chi connectivity index (χ2v) is 14.0. The molecule has 1 fully saturated rings. The fourth-order valence-corrected chi connectivity index (χ4v) is 7.57. The van der Waals surface area contributed by atoms with E-state index in [1.807, 2.05) is 42.5 Å². The molecule has 8 nitrogen and oxygen atoms in total. The summed E-state index contributed by atoms with van der Waals surface area (Å²) in [6, 6.07) is 25.1. The molecule has 1 aliphatic rings. The van der Waals surface area contributed by atoms with Crippen LogP contribution in [0, 0.1) is 17.2 Å². The number of aryl methyl sites for hydroxylation is 1. The maximum Gasteiger partial charge on any atom is 0.243 e. The Hall–Kier alpha value is -4.10. The lowest BCUT2D eigenvalue weighted by molar-refractivity contribution is 0.192. The summed E-state index contributed by atoms with van der Waals surface area (Å²) >= 11 is 0. The monoisotopic (exact) mass is 637 g/mol. The van der Waals surface area contributed by atoms with E-state index in [2.05, 4.69) is 24.0 Å². The largest absolute Gasteiger partial charge is 0.383 e. The predicted octanol–water partition coefficient (Wildman–Crippen LogP) is 6.82. The number of fused-ring (bicyclic) bond motifs is 1. The van der Waals surface area contributed by atoms with Gasteiger partial charge < -0.3 is 10.5 Å². The van der Waals surface area contributed by atoms with Crippen LogP contribution < -0.4 is 5.73 Å². The minimum Gasteiger partial charge on any atom is -0.383 e. The number of hydrogen-bond donors (Lipinski definition) is 1. The number of pyridine rings is 1. The molecule has 0 bridgehead atoms. The molecule has 1 aliphatic heterocycles. The molecule has 0 aliphatic carbocycles. The zero-order valence-corrected chi connectivity index (χ0v) is 27.6. The maximum absolute atomic E-state index is 13.6. The van der Waals surface area contributed by atoms with Gasteiger partial charge in [0.1, 0.15) is 5.82 Å². The molecule has 2 heterocycles. The van der Waals surface area contributed by atoms with Gasteiger partial charge in [-0.05, 0) is 90.3 Å². The molecule has 0 saturated carbocycles. The van der Waals surface area contributed by atoms with Crippen molar-refractivity contribution in [3.8, 4) is 17.2 Å². The molecule has 0 amide bonds. The van der Waals surface area contributed by atoms with Crippen LogP contribution in [0.3, 0.4) is 0 Å². The number of aliphatic imine (C=N–C) groups is 1. The van der Waals surface area contributed by atoms with Gasteiger partial charge in [-0.1, -0.05) is 56.2 Å². The van der Waals surface area contributed by atoms with Crippen molar-refractivity contribution in [3.05, 3.63) is 89.5 Å². The van der Waals surface area contributed by atoms with Gasteiger partial charge in [-0.25, -0.2) is 13.4 Å². The smallest absolute Gasteiger partial charge is 0.243 e. The summed E-state index contributed by atoms with van der Waals surface area (Å²) in [6.07, 6.45) is 6.62. The highest BCUT2D eigenvalue weighted by Gasteiger charge is 2.36. The number of nitrogens with two attached hydrogens (primary N) is 1. The van der Waals surface area contributed by atoms with E-state index in [-0.39, 0.29) is 5.92 Å². The van der Waals surface area contributed by atoms with Crippen molar-refractivity contribution in [1.82, 2.24) is 9.29 Å². The molecule has 0 radical (unpaired) electrons. The standard InChI is InChI=1S/C37H43N5O3S/c1-3-4-5-10-33-21-32-15-14-31(23-36(32)41-37(33)39)30-11-7-12-35(22-30)46(43,44)42-25-29(26-42)13-16-34(40-17-18-45-2)20-27-8-6-9-28(19-27)24-38/h6-9,11-12,14-15,19,21-23,29H,3-5,10,13,16-18,20,25-26H2,1-2H3,(H2,39,41). The van der Waals surface area contributed by atoms with Crippen LogP contribution >= 0.6 is 0 Å². The van der Waals surface area contributed by atoms with Gasteiger partial charge >= 0.3 is 0 Å². The molecule has 1 aromatic heterocycles. The van der Waals surface area contributed by atoms with Gasteiger partial charge in [-0.2, -0.15) is 9.57 Å². The van der Waals surface area contributed by atoms with Crippen LogP contribution in [-0.2, 0) is 27.6 Å². The molecule has 0 spiro atoms. The molecule has 0 atom stereocenters. The molecule has 46 heavy (non-hydrogen) atoms. The number of sulfonamides is 1. The number of unbranched alkanes of at least 4 members (excludes halogenated alkanes) is 2. The molecular weight excluding hydrogens is 595 g/mol. The second kappa shape index (κ2) is 15.5. The van der Waals surface area contributed by atoms with E-state index in [0.717, 1.165) is 71.0 Å². The average Bonchev–Trinajstić information content (AvgIpc) is 3.04. The zero-order chi connectivity index (χ0) is 32.5. The number of benzene rings is 3. The molecule has 2 N–H and O–H groups in total. The summed E-state index contributed by atoms with van der Waals surface area (Å²) in [7, 11) is -1.97. The topological polar surface area (TPSA) is 122 Å². The van der Waals surface area contributed by atoms with E-state index in [4.69, 9.17) is 15.5 Å². The Labute approximate surface area is 273 Å². The Kier molecular flexibility index (Phi) is 11.2. The first-order valence-electron chi connectivity index (χ1n) is 16.1. The van der Waals surface area contributed by atoms with E-state index in [9.17, 15) is 13.7 Å². The lowest BCUT2D eigenvalue weighted by Gasteiger charge is -2.38. The van der Waals surface area contributed by atoms with Crippen LogP contribution in [0.4, 0.5) is 5.82 Å². The molecule has 5 rings (SSSR count). The van der Waals surface area contributed by atoms with E-state index < -0.39 is 10.0 Å². The van der Waals surface area contributed by atoms with Crippen LogP contribution in [0.5, 0.6) is 0 Å². The fourth-order valence-electron chi connectivity index (χ4n) is 5.93. The number of nitrogen functional groups attached to an aromatic ring is 1. The summed E-state index contributed by atoms with van der Waals surface area (Å²) in [6.45, 7) is 4.28. The van der Waals surface area contributed by atoms with E-state index >= 15 is 0 Å². The van der Waals surface area contributed by atoms with Crippen LogP contribution in [0.25, 0.3) is 22.0 Å². The maximum atomic E-state index is 13.6. The number of anilines is 1. The van der Waals surface area contributed by atoms with Gasteiger partial charge in [-0.15, -0.1) is 0 Å². The van der Waals surface area contributed by atoms with E-state index in [0.29, 0.717) is 48.9 Å². The van der Waals surface area contributed by atoms with Gasteiger partial charge in [0.2, 0.25) is 10.0 Å². The molecule has 3 aromatic carbocycles. The third-order valence-corrected chi connectivity index (χ3v) is 10.5. The normalized spacial score (nSPS) is 14.3. The fraction of sp³-hybridized carbons (Fsp3) is 0.378. The van der Waals surface area contributed by atoms with Crippen LogP contribution in [0.15, 0.2) is 82.7 Å². The number of nitrogens with zero attached hydrogens (tertiary/aromatic N) is 4. The number of hydrogen-bond acceptors (Lipinski definition) is 7. The molecule has 1 saturated heterocycles. The second-order valence-electron chi connectivity index (χ2n) is 12.1. The number of nitriles is 1. The first-order chi connectivity index (χ1) is 22.3. The SMILES string of the molecule is CCCCCc1cc2ccc(-c3cccc(S(=O)(=O)N4CC(CCC(Cc5cccc(C#N)c5)=NCCOC)C4)c3)cc2nc1N. The Morgan fingerprint density at radius 1 is 1.07 bits per heavy atom. The first kappa shape index (κ1) is 33.3. The molecular formula is C37H43N5O3S. The van der Waals surface area contributed by atoms with Crippen LogP contribution in [0.1, 0.15) is 55.7 Å². The van der Waals surface area contributed by atoms with Crippen molar-refractivity contribution in [1.29, 1.82) is 5.26 Å². The van der Waals surface area contributed by atoms with Crippen molar-refractivity contribution in [2.75, 3.05) is 39.1 Å². The minimum absolute atomic E-state index is 0.264. The summed E-state index contributed by atoms with van der Waals surface area (Å²) in [4.78, 5) is 9.73. The number of ether oxygens (including phenoxy) is 1. The van der Waals surface area contributed by atoms with Crippen molar-refractivity contribution < 1.29 is 13.2 Å². The van der Waals surface area contributed by atoms with Crippen LogP contribution in [-0.4, -0.2) is 56.8 Å². The number of methoxy groups -OCH3 is 1. The van der Waals surface area contributed by atoms with Gasteiger partial charge in [0.15, 0.2) is 0 Å². The lowest BCUT2D eigenvalue weighted by Crippen LogP contribution is -2.49. The minimum atomic E-state index is -3.62. The lowest BCUT2D eigenvalue weighted by atomic mass is 9.94. The summed E-state index contributed by atoms with van der Waals surface area (Å²) < 4.78 is 33.9. The summed E-state index contributed by atoms with van der Waals surface area (Å²) in [5.41, 5.74) is 12.6. The van der Waals surface area contributed by atoms with E-state index in [1.165, 1.54) is 6.42 Å². The van der Waals surface area contributed by atoms with E-state index in [1.54, 1.807) is 35.7 Å². The summed E-state index contributed by atoms with van der Waals surface area (Å²) in [5.74, 6) is 0.825. The Balaban J connectivity index is 1.22. The highest BCUT2D eigenvalue weighted by Crippen LogP contribution is 2.32. The Bertz CT molecular complexity index is 1840. The van der Waals surface area contributed by atoms with Crippen molar-refractivity contribution in [2.24, 2.45) is 10.9 Å². The summed E-state index contributed by atoms with van der Waals surface area (Å²) in [5, 5.41) is 10.3. The highest BCUT2D eigenvalue weighted by molar-refractivity contribution is 7.89. The Morgan fingerprint density at radius 2 is 1.87 bits per heavy atom. The average molecular weight is 638 g/mol. The number of aromatic nitrogens is 1.